The van der Waals surface area contributed by atoms with Crippen LogP contribution in [0.1, 0.15) is 41.4 Å². The Morgan fingerprint density at radius 1 is 0.477 bits per heavy atom. The topological polar surface area (TPSA) is 86.8 Å². The number of nitrogens with one attached hydrogen (secondary N) is 1. The number of imide groups is 2. The summed E-state index contributed by atoms with van der Waals surface area (Å²) in [6.45, 7) is 0.953. The van der Waals surface area contributed by atoms with Crippen molar-refractivity contribution in [1.29, 1.82) is 0 Å². The highest BCUT2D eigenvalue weighted by molar-refractivity contribution is 6.31. The van der Waals surface area contributed by atoms with Gasteiger partial charge in [-0.3, -0.25) is 29.0 Å². The van der Waals surface area contributed by atoms with Crippen LogP contribution in [-0.2, 0) is 0 Å². The van der Waals surface area contributed by atoms with Crippen molar-refractivity contribution in [1.82, 2.24) is 15.1 Å². The summed E-state index contributed by atoms with van der Waals surface area (Å²) in [6.07, 6.45) is 0. The molecule has 0 saturated heterocycles. The molecule has 4 amide bonds. The lowest BCUT2D eigenvalue weighted by Crippen LogP contribution is -2.46. The van der Waals surface area contributed by atoms with Gasteiger partial charge in [0.15, 0.2) is 0 Å². The van der Waals surface area contributed by atoms with Gasteiger partial charge in [0.1, 0.15) is 0 Å². The van der Waals surface area contributed by atoms with Gasteiger partial charge in [0.05, 0.1) is 11.1 Å². The molecule has 0 unspecified atom stereocenters. The van der Waals surface area contributed by atoms with E-state index in [0.717, 1.165) is 32.3 Å². The standard InChI is InChI=1S/C36H25N3O4.ClH/c40-33-27-13-5-9-23-19-21-7-1-3-11-25(21)31(29(23)27)35(42)38(33)17-15-37-16-18-39-34(41)28-14-6-10-24-20-22-8-2-4-12-26(22)32(30(24)28)36(39)43;/h1-14,19-20,37H,15-18H2;1H. The molecular formula is C36H26ClN3O4. The fraction of sp³-hybridized carbons (Fsp3) is 0.111. The summed E-state index contributed by atoms with van der Waals surface area (Å²) in [4.78, 5) is 56.9. The molecule has 0 radical (unpaired) electrons. The fourth-order valence-corrected chi connectivity index (χ4v) is 6.70. The number of halogens is 1. The second-order valence-corrected chi connectivity index (χ2v) is 11.0. The summed E-state index contributed by atoms with van der Waals surface area (Å²) in [6, 6.07) is 30.5. The van der Waals surface area contributed by atoms with Gasteiger partial charge in [-0.05, 0) is 56.6 Å². The molecule has 1 N–H and O–H groups in total. The molecule has 6 aromatic carbocycles. The SMILES string of the molecule is Cl.O=C1c2cccc3cc4ccccc4c(c23)C(=O)N1CCNCCN1C(=O)c2cccc3cc4ccccc4c(c23)C1=O. The van der Waals surface area contributed by atoms with E-state index in [1.54, 1.807) is 12.1 Å². The molecule has 8 heteroatoms. The van der Waals surface area contributed by atoms with E-state index in [0.29, 0.717) is 46.1 Å². The van der Waals surface area contributed by atoms with Crippen LogP contribution in [0, 0.1) is 0 Å². The third-order valence-corrected chi connectivity index (χ3v) is 8.67. The zero-order valence-corrected chi connectivity index (χ0v) is 24.3. The highest BCUT2D eigenvalue weighted by Gasteiger charge is 2.35. The van der Waals surface area contributed by atoms with Gasteiger partial charge in [-0.1, -0.05) is 72.8 Å². The molecule has 0 fully saturated rings. The molecule has 7 nitrogen and oxygen atoms in total. The van der Waals surface area contributed by atoms with E-state index in [2.05, 4.69) is 5.32 Å². The Labute approximate surface area is 258 Å². The second-order valence-electron chi connectivity index (χ2n) is 11.0. The van der Waals surface area contributed by atoms with Crippen LogP contribution in [0.4, 0.5) is 0 Å². The smallest absolute Gasteiger partial charge is 0.262 e. The van der Waals surface area contributed by atoms with E-state index < -0.39 is 0 Å². The van der Waals surface area contributed by atoms with Gasteiger partial charge in [-0.2, -0.15) is 0 Å². The van der Waals surface area contributed by atoms with Crippen LogP contribution < -0.4 is 5.32 Å². The predicted molar refractivity (Wildman–Crippen MR) is 174 cm³/mol. The molecule has 0 atom stereocenters. The first-order chi connectivity index (χ1) is 21.0. The molecule has 2 aliphatic heterocycles. The number of carbonyl (C=O) groups excluding carboxylic acids is 4. The number of carbonyl (C=O) groups is 4. The first-order valence-corrected chi connectivity index (χ1v) is 14.3. The van der Waals surface area contributed by atoms with Crippen LogP contribution in [0.2, 0.25) is 0 Å². The van der Waals surface area contributed by atoms with Crippen molar-refractivity contribution in [2.24, 2.45) is 0 Å². The van der Waals surface area contributed by atoms with E-state index in [-0.39, 0.29) is 49.1 Å². The van der Waals surface area contributed by atoms with Crippen LogP contribution in [0.3, 0.4) is 0 Å². The number of rotatable bonds is 6. The third kappa shape index (κ3) is 4.01. The molecule has 2 heterocycles. The van der Waals surface area contributed by atoms with Crippen LogP contribution in [0.5, 0.6) is 0 Å². The molecule has 44 heavy (non-hydrogen) atoms. The zero-order valence-electron chi connectivity index (χ0n) is 23.5. The summed E-state index contributed by atoms with van der Waals surface area (Å²) >= 11 is 0. The van der Waals surface area contributed by atoms with Crippen molar-refractivity contribution in [2.75, 3.05) is 26.2 Å². The highest BCUT2D eigenvalue weighted by Crippen LogP contribution is 2.37. The maximum absolute atomic E-state index is 13.7. The van der Waals surface area contributed by atoms with Crippen molar-refractivity contribution in [3.63, 3.8) is 0 Å². The number of fused-ring (bicyclic) bond motifs is 4. The first kappa shape index (κ1) is 27.7. The highest BCUT2D eigenvalue weighted by atomic mass is 35.5. The Morgan fingerprint density at radius 3 is 1.34 bits per heavy atom. The monoisotopic (exact) mass is 599 g/mol. The van der Waals surface area contributed by atoms with Gasteiger partial charge < -0.3 is 5.32 Å². The maximum atomic E-state index is 13.7. The minimum absolute atomic E-state index is 0. The quantitative estimate of drug-likeness (QED) is 0.140. The second kappa shape index (κ2) is 10.6. The van der Waals surface area contributed by atoms with Crippen molar-refractivity contribution in [2.45, 2.75) is 0 Å². The van der Waals surface area contributed by atoms with Crippen molar-refractivity contribution in [3.05, 3.63) is 119 Å². The van der Waals surface area contributed by atoms with Crippen molar-refractivity contribution in [3.8, 4) is 0 Å². The van der Waals surface area contributed by atoms with E-state index >= 15 is 0 Å². The number of hydrogen-bond acceptors (Lipinski definition) is 5. The molecular weight excluding hydrogens is 574 g/mol. The van der Waals surface area contributed by atoms with Crippen LogP contribution >= 0.6 is 12.4 Å². The lowest BCUT2D eigenvalue weighted by atomic mass is 9.89. The average molecular weight is 600 g/mol. The van der Waals surface area contributed by atoms with E-state index in [9.17, 15) is 19.2 Å². The number of benzene rings is 6. The molecule has 0 aliphatic carbocycles. The molecule has 0 spiro atoms. The van der Waals surface area contributed by atoms with E-state index in [1.165, 1.54) is 9.80 Å². The largest absolute Gasteiger partial charge is 0.313 e. The summed E-state index contributed by atoms with van der Waals surface area (Å²) in [5.74, 6) is -1.27. The van der Waals surface area contributed by atoms with Crippen LogP contribution in [0.25, 0.3) is 43.1 Å². The Hall–Kier alpha value is -5.11. The predicted octanol–water partition coefficient (Wildman–Crippen LogP) is 6.20. The summed E-state index contributed by atoms with van der Waals surface area (Å²) in [5.41, 5.74) is 2.13. The van der Waals surface area contributed by atoms with E-state index in [1.807, 2.05) is 84.9 Å². The fourth-order valence-electron chi connectivity index (χ4n) is 6.70. The number of hydrogen-bond donors (Lipinski definition) is 1. The van der Waals surface area contributed by atoms with Gasteiger partial charge in [-0.15, -0.1) is 12.4 Å². The van der Waals surface area contributed by atoms with Gasteiger partial charge >= 0.3 is 0 Å². The zero-order chi connectivity index (χ0) is 29.2. The molecule has 0 bridgehead atoms. The van der Waals surface area contributed by atoms with Gasteiger partial charge in [0.2, 0.25) is 0 Å². The summed E-state index contributed by atoms with van der Waals surface area (Å²) in [5, 5.41) is 9.92. The Morgan fingerprint density at radius 2 is 0.886 bits per heavy atom. The minimum Gasteiger partial charge on any atom is -0.313 e. The molecule has 2 aliphatic rings. The average Bonchev–Trinajstić information content (AvgIpc) is 3.03. The first-order valence-electron chi connectivity index (χ1n) is 14.3. The van der Waals surface area contributed by atoms with Crippen LogP contribution in [0.15, 0.2) is 97.1 Å². The lowest BCUT2D eigenvalue weighted by molar-refractivity contribution is 0.0608. The molecule has 6 aromatic rings. The number of amides is 4. The van der Waals surface area contributed by atoms with Gasteiger partial charge in [0, 0.05) is 48.1 Å². The van der Waals surface area contributed by atoms with E-state index in [4.69, 9.17) is 0 Å². The Balaban J connectivity index is 0.00000312. The molecule has 0 aromatic heterocycles. The lowest BCUT2D eigenvalue weighted by Gasteiger charge is -2.29. The van der Waals surface area contributed by atoms with Crippen molar-refractivity contribution < 1.29 is 19.2 Å². The third-order valence-electron chi connectivity index (χ3n) is 8.67. The van der Waals surface area contributed by atoms with Gasteiger partial charge in [0.25, 0.3) is 23.6 Å². The normalized spacial score (nSPS) is 14.3. The summed E-state index contributed by atoms with van der Waals surface area (Å²) < 4.78 is 0. The minimum atomic E-state index is -0.321. The van der Waals surface area contributed by atoms with Crippen LogP contribution in [-0.4, -0.2) is 59.6 Å². The molecule has 8 rings (SSSR count). The molecule has 216 valence electrons. The summed E-state index contributed by atoms with van der Waals surface area (Å²) in [7, 11) is 0. The van der Waals surface area contributed by atoms with Gasteiger partial charge in [-0.25, -0.2) is 0 Å². The van der Waals surface area contributed by atoms with Crippen molar-refractivity contribution >= 4 is 79.1 Å². The molecule has 0 saturated carbocycles. The number of nitrogens with zero attached hydrogens (tertiary/aromatic N) is 2. The maximum Gasteiger partial charge on any atom is 0.262 e. The Bertz CT molecular complexity index is 2070. The Kier molecular flexibility index (Phi) is 6.65.